The lowest BCUT2D eigenvalue weighted by Gasteiger charge is -2.25. The lowest BCUT2D eigenvalue weighted by molar-refractivity contribution is -0.122. The summed E-state index contributed by atoms with van der Waals surface area (Å²) in [5.41, 5.74) is 1.57. The Morgan fingerprint density at radius 3 is 1.35 bits per heavy atom. The first kappa shape index (κ1) is 53.8. The Bertz CT molecular complexity index is 1600. The molecule has 16 heteroatoms. The molecule has 4 amide bonds. The average Bonchev–Trinajstić information content (AvgIpc) is 3.25. The van der Waals surface area contributed by atoms with Gasteiger partial charge in [-0.2, -0.15) is 0 Å². The predicted molar refractivity (Wildman–Crippen MR) is 249 cm³/mol. The van der Waals surface area contributed by atoms with Gasteiger partial charge in [0.2, 0.25) is 11.8 Å². The molecule has 2 atom stereocenters. The fourth-order valence-corrected chi connectivity index (χ4v) is 8.40. The van der Waals surface area contributed by atoms with E-state index in [1.165, 1.54) is 45.6 Å². The molecular weight excluding hydrogens is 833 g/mol. The van der Waals surface area contributed by atoms with Gasteiger partial charge in [-0.1, -0.05) is 85.7 Å². The second-order valence-corrected chi connectivity index (χ2v) is 18.5. The van der Waals surface area contributed by atoms with Crippen molar-refractivity contribution in [2.24, 2.45) is 11.8 Å². The van der Waals surface area contributed by atoms with Crippen molar-refractivity contribution in [3.8, 4) is 23.0 Å². The molecule has 0 radical (unpaired) electrons. The number of aliphatic hydroxyl groups is 2. The summed E-state index contributed by atoms with van der Waals surface area (Å²) in [6.45, 7) is 8.86. The number of benzene rings is 2. The number of methoxy groups -OCH3 is 2. The van der Waals surface area contributed by atoms with E-state index in [0.717, 1.165) is 49.7 Å². The highest BCUT2D eigenvalue weighted by molar-refractivity contribution is 8.77. The predicted octanol–water partition coefficient (Wildman–Crippen LogP) is 8.15. The molecule has 0 aromatic heterocycles. The topological polar surface area (TPSA) is 176 Å². The zero-order valence-electron chi connectivity index (χ0n) is 37.9. The first-order valence-corrected chi connectivity index (χ1v) is 23.6. The summed E-state index contributed by atoms with van der Waals surface area (Å²) in [6.07, 6.45) is 13.6. The third-order valence-corrected chi connectivity index (χ3v) is 12.5. The van der Waals surface area contributed by atoms with E-state index in [-0.39, 0.29) is 49.6 Å². The summed E-state index contributed by atoms with van der Waals surface area (Å²) in [5, 5.41) is 25.2. The Morgan fingerprint density at radius 1 is 0.629 bits per heavy atom. The van der Waals surface area contributed by atoms with E-state index >= 15 is 0 Å². The lowest BCUT2D eigenvalue weighted by Crippen LogP contribution is -2.37. The number of nitrogens with zero attached hydrogens (tertiary/aromatic N) is 2. The van der Waals surface area contributed by atoms with Gasteiger partial charge in [0.15, 0.2) is 23.0 Å². The molecule has 4 N–H and O–H groups in total. The van der Waals surface area contributed by atoms with E-state index in [1.807, 2.05) is 0 Å². The lowest BCUT2D eigenvalue weighted by atomic mass is 10.1. The molecule has 14 nitrogen and oxygen atoms in total. The first-order chi connectivity index (χ1) is 29.7. The maximum absolute atomic E-state index is 13.1. The molecule has 2 rings (SSSR count). The average molecular weight is 903 g/mol. The maximum atomic E-state index is 13.1. The van der Waals surface area contributed by atoms with Crippen molar-refractivity contribution in [1.82, 2.24) is 20.4 Å². The Morgan fingerprint density at radius 2 is 1.02 bits per heavy atom. The molecule has 2 aromatic carbocycles. The van der Waals surface area contributed by atoms with Gasteiger partial charge in [-0.15, -0.1) is 0 Å². The van der Waals surface area contributed by atoms with Crippen LogP contribution in [0.5, 0.6) is 23.0 Å². The monoisotopic (exact) mass is 902 g/mol. The van der Waals surface area contributed by atoms with Crippen molar-refractivity contribution < 1.29 is 48.3 Å². The molecule has 0 aliphatic rings. The van der Waals surface area contributed by atoms with Crippen LogP contribution in [0.3, 0.4) is 0 Å². The summed E-state index contributed by atoms with van der Waals surface area (Å²) in [6, 6.07) is 10.1. The fourth-order valence-electron chi connectivity index (χ4n) is 5.72. The van der Waals surface area contributed by atoms with E-state index in [4.69, 9.17) is 18.9 Å². The maximum Gasteiger partial charge on any atom is 0.415 e. The Kier molecular flexibility index (Phi) is 26.6. The molecule has 0 saturated carbocycles. The minimum Gasteiger partial charge on any atom is -0.493 e. The van der Waals surface area contributed by atoms with Crippen LogP contribution in [0.1, 0.15) is 90.2 Å². The molecule has 346 valence electrons. The van der Waals surface area contributed by atoms with E-state index in [0.29, 0.717) is 49.3 Å². The third kappa shape index (κ3) is 22.1. The van der Waals surface area contributed by atoms with Crippen LogP contribution >= 0.6 is 21.6 Å². The normalized spacial score (nSPS) is 12.4. The van der Waals surface area contributed by atoms with E-state index in [1.54, 1.807) is 50.5 Å². The molecule has 2 aromatic rings. The quantitative estimate of drug-likeness (QED) is 0.0351. The van der Waals surface area contributed by atoms with Crippen LogP contribution in [-0.4, -0.2) is 109 Å². The second-order valence-electron chi connectivity index (χ2n) is 15.7. The number of hydrogen-bond donors (Lipinski definition) is 4. The number of carbonyl (C=O) groups is 4. The SMILES string of the molecule is COc1cc(CNC(=O)CCCC/C=C/C(C)C)ccc1OC(=O)N(C)CC(CO)SSC(CO)CN(C)C(=O)Oc1ccc(CNC(=O)CCCC/C=C/C(C)C)cc1OC. The van der Waals surface area contributed by atoms with E-state index < -0.39 is 22.7 Å². The third-order valence-electron chi connectivity index (χ3n) is 9.23. The van der Waals surface area contributed by atoms with Crippen molar-refractivity contribution in [2.75, 3.05) is 54.6 Å². The molecule has 62 heavy (non-hydrogen) atoms. The van der Waals surface area contributed by atoms with Crippen LogP contribution in [0.15, 0.2) is 60.7 Å². The number of allylic oxidation sites excluding steroid dienone is 4. The number of ether oxygens (including phenoxy) is 4. The number of amides is 4. The Balaban J connectivity index is 1.82. The van der Waals surface area contributed by atoms with Crippen molar-refractivity contribution in [3.63, 3.8) is 0 Å². The van der Waals surface area contributed by atoms with Gasteiger partial charge in [0.1, 0.15) is 0 Å². The smallest absolute Gasteiger partial charge is 0.415 e. The van der Waals surface area contributed by atoms with Gasteiger partial charge in [-0.05, 0) is 85.8 Å². The van der Waals surface area contributed by atoms with Crippen LogP contribution in [-0.2, 0) is 22.7 Å². The molecule has 0 spiro atoms. The number of carbonyl (C=O) groups excluding carboxylic acids is 4. The minimum absolute atomic E-state index is 0.0335. The molecule has 0 saturated heterocycles. The van der Waals surface area contributed by atoms with Gasteiger partial charge in [-0.25, -0.2) is 9.59 Å². The molecule has 0 fully saturated rings. The van der Waals surface area contributed by atoms with Crippen LogP contribution in [0.2, 0.25) is 0 Å². The van der Waals surface area contributed by atoms with Crippen molar-refractivity contribution in [2.45, 2.75) is 103 Å². The van der Waals surface area contributed by atoms with Gasteiger partial charge in [0.05, 0.1) is 37.9 Å². The van der Waals surface area contributed by atoms with Crippen LogP contribution in [0, 0.1) is 11.8 Å². The molecule has 2 unspecified atom stereocenters. The number of unbranched alkanes of at least 4 members (excludes halogenated alkanes) is 4. The minimum atomic E-state index is -0.665. The van der Waals surface area contributed by atoms with Gasteiger partial charge >= 0.3 is 12.2 Å². The summed E-state index contributed by atoms with van der Waals surface area (Å²) in [5.74, 6) is 2.04. The molecule has 0 bridgehead atoms. The summed E-state index contributed by atoms with van der Waals surface area (Å²) >= 11 is 0. The number of hydrogen-bond acceptors (Lipinski definition) is 12. The van der Waals surface area contributed by atoms with Gasteiger partial charge in [0.25, 0.3) is 0 Å². The largest absolute Gasteiger partial charge is 0.493 e. The van der Waals surface area contributed by atoms with E-state index in [2.05, 4.69) is 62.6 Å². The van der Waals surface area contributed by atoms with Crippen LogP contribution < -0.4 is 29.6 Å². The van der Waals surface area contributed by atoms with Gasteiger partial charge < -0.3 is 49.6 Å². The zero-order chi connectivity index (χ0) is 45.9. The van der Waals surface area contributed by atoms with Gasteiger partial charge in [-0.3, -0.25) is 9.59 Å². The molecule has 0 heterocycles. The van der Waals surface area contributed by atoms with Crippen molar-refractivity contribution >= 4 is 45.6 Å². The Labute approximate surface area is 376 Å². The number of rotatable bonds is 29. The van der Waals surface area contributed by atoms with E-state index in [9.17, 15) is 29.4 Å². The standard InChI is InChI=1S/C46H70N4O10S2/c1-33(2)17-13-9-11-15-19-43(53)47-27-35-21-23-39(41(25-35)57-7)59-45(55)49(5)29-37(31-51)61-62-38(32-52)30-50(6)46(56)60-40-24-22-36(26-42(40)58-8)28-48-44(54)20-16-12-10-14-18-34(3)4/h13-14,17-18,21-26,33-34,37-38,51-52H,9-12,15-16,19-20,27-32H2,1-8H3,(H,47,53)(H,48,54)/b17-13+,18-14+. The second kappa shape index (κ2) is 30.6. The fraction of sp³-hybridized carbons (Fsp3) is 0.565. The summed E-state index contributed by atoms with van der Waals surface area (Å²) < 4.78 is 22.2. The highest BCUT2D eigenvalue weighted by atomic mass is 33.1. The number of nitrogens with one attached hydrogen (secondary N) is 2. The Hall–Kier alpha value is -4.38. The first-order valence-electron chi connectivity index (χ1n) is 21.3. The highest BCUT2D eigenvalue weighted by Gasteiger charge is 2.24. The highest BCUT2D eigenvalue weighted by Crippen LogP contribution is 2.33. The molecule has 0 aliphatic heterocycles. The van der Waals surface area contributed by atoms with Crippen LogP contribution in [0.25, 0.3) is 0 Å². The van der Waals surface area contributed by atoms with Crippen LogP contribution in [0.4, 0.5) is 9.59 Å². The number of aliphatic hydroxyl groups excluding tert-OH is 2. The molecular formula is C46H70N4O10S2. The zero-order valence-corrected chi connectivity index (χ0v) is 39.5. The van der Waals surface area contributed by atoms with Crippen molar-refractivity contribution in [1.29, 1.82) is 0 Å². The molecule has 0 aliphatic carbocycles. The summed E-state index contributed by atoms with van der Waals surface area (Å²) in [4.78, 5) is 53.5. The van der Waals surface area contributed by atoms with Gasteiger partial charge in [0, 0.05) is 53.1 Å². The summed E-state index contributed by atoms with van der Waals surface area (Å²) in [7, 11) is 8.58. The van der Waals surface area contributed by atoms with Crippen molar-refractivity contribution in [3.05, 3.63) is 71.8 Å².